The van der Waals surface area contributed by atoms with Crippen molar-refractivity contribution in [2.24, 2.45) is 5.92 Å². The van der Waals surface area contributed by atoms with Crippen molar-refractivity contribution >= 4 is 15.9 Å². The zero-order valence-electron chi connectivity index (χ0n) is 18.3. The molecule has 0 spiro atoms. The number of rotatable bonds is 7. The summed E-state index contributed by atoms with van der Waals surface area (Å²) in [6.45, 7) is 7.86. The summed E-state index contributed by atoms with van der Waals surface area (Å²) in [7, 11) is -3.52. The number of anilines is 1. The highest BCUT2D eigenvalue weighted by atomic mass is 32.2. The molecule has 2 aromatic rings. The number of sulfonamides is 1. The number of benzene rings is 1. The Morgan fingerprint density at radius 3 is 2.66 bits per heavy atom. The van der Waals surface area contributed by atoms with Crippen LogP contribution < -0.4 is 5.32 Å². The summed E-state index contributed by atoms with van der Waals surface area (Å²) in [5.74, 6) is 0.976. The lowest BCUT2D eigenvalue weighted by atomic mass is 10.0. The lowest BCUT2D eigenvalue weighted by molar-refractivity contribution is 0.0398. The van der Waals surface area contributed by atoms with Gasteiger partial charge in [0.15, 0.2) is 0 Å². The standard InChI is InChI=1S/C22H29N5O4S/c1-17-3-2-9-27(16-17)32(28,29)19-6-4-18(5-7-19)21-25-20(15-23)22(31-21)24-8-10-26-11-13-30-14-12-26/h4-7,17,24H,2-3,8-14,16H2,1H3/t17-/m1/s1. The highest BCUT2D eigenvalue weighted by Crippen LogP contribution is 2.28. The summed E-state index contributed by atoms with van der Waals surface area (Å²) in [5.41, 5.74) is 0.801. The van der Waals surface area contributed by atoms with Gasteiger partial charge in [-0.15, -0.1) is 0 Å². The summed E-state index contributed by atoms with van der Waals surface area (Å²) < 4.78 is 38.6. The monoisotopic (exact) mass is 459 g/mol. The molecule has 32 heavy (non-hydrogen) atoms. The van der Waals surface area contributed by atoms with Crippen LogP contribution in [0.4, 0.5) is 5.88 Å². The van der Waals surface area contributed by atoms with Gasteiger partial charge in [-0.2, -0.15) is 14.6 Å². The molecule has 3 heterocycles. The molecular formula is C22H29N5O4S. The van der Waals surface area contributed by atoms with Crippen molar-refractivity contribution in [3.63, 3.8) is 0 Å². The number of aromatic nitrogens is 1. The van der Waals surface area contributed by atoms with Crippen molar-refractivity contribution in [3.05, 3.63) is 30.0 Å². The van der Waals surface area contributed by atoms with Crippen molar-refractivity contribution in [3.8, 4) is 17.5 Å². The SMILES string of the molecule is C[C@@H]1CCCN(S(=O)(=O)c2ccc(-c3nc(C#N)c(NCCN4CCOCC4)o3)cc2)C1. The number of nitrogens with one attached hydrogen (secondary N) is 1. The Kier molecular flexibility index (Phi) is 7.10. The predicted octanol–water partition coefficient (Wildman–Crippen LogP) is 2.38. The van der Waals surface area contributed by atoms with E-state index in [1.807, 2.05) is 0 Å². The van der Waals surface area contributed by atoms with Crippen LogP contribution >= 0.6 is 0 Å². The molecule has 9 nitrogen and oxygen atoms in total. The van der Waals surface area contributed by atoms with E-state index in [1.165, 1.54) is 0 Å². The van der Waals surface area contributed by atoms with Crippen LogP contribution in [-0.2, 0) is 14.8 Å². The van der Waals surface area contributed by atoms with E-state index in [2.05, 4.69) is 28.2 Å². The molecule has 2 fully saturated rings. The van der Waals surface area contributed by atoms with Gasteiger partial charge in [0, 0.05) is 44.8 Å². The molecule has 0 unspecified atom stereocenters. The highest BCUT2D eigenvalue weighted by molar-refractivity contribution is 7.89. The van der Waals surface area contributed by atoms with Crippen molar-refractivity contribution in [2.45, 2.75) is 24.7 Å². The van der Waals surface area contributed by atoms with Gasteiger partial charge in [0.1, 0.15) is 6.07 Å². The zero-order chi connectivity index (χ0) is 22.6. The fourth-order valence-electron chi connectivity index (χ4n) is 4.07. The summed E-state index contributed by atoms with van der Waals surface area (Å²) in [4.78, 5) is 6.81. The fourth-order valence-corrected chi connectivity index (χ4v) is 5.67. The van der Waals surface area contributed by atoms with E-state index in [9.17, 15) is 13.7 Å². The summed E-state index contributed by atoms with van der Waals surface area (Å²) in [6, 6.07) is 8.55. The van der Waals surface area contributed by atoms with E-state index < -0.39 is 10.0 Å². The quantitative estimate of drug-likeness (QED) is 0.672. The molecule has 1 N–H and O–H groups in total. The second kappa shape index (κ2) is 10.0. The van der Waals surface area contributed by atoms with Crippen LogP contribution in [0.2, 0.25) is 0 Å². The molecule has 0 amide bonds. The molecule has 2 saturated heterocycles. The van der Waals surface area contributed by atoms with Crippen molar-refractivity contribution < 1.29 is 17.6 Å². The molecule has 0 bridgehead atoms. The van der Waals surface area contributed by atoms with Gasteiger partial charge in [-0.3, -0.25) is 4.90 Å². The molecule has 0 saturated carbocycles. The Bertz CT molecular complexity index is 1050. The lowest BCUT2D eigenvalue weighted by Crippen LogP contribution is -2.39. The third-order valence-electron chi connectivity index (χ3n) is 5.91. The van der Waals surface area contributed by atoms with E-state index in [4.69, 9.17) is 9.15 Å². The first-order valence-corrected chi connectivity index (χ1v) is 12.5. The summed E-state index contributed by atoms with van der Waals surface area (Å²) in [6.07, 6.45) is 1.94. The number of oxazole rings is 1. The molecule has 0 aliphatic carbocycles. The van der Waals surface area contributed by atoms with Crippen LogP contribution in [0.15, 0.2) is 33.6 Å². The number of piperidine rings is 1. The van der Waals surface area contributed by atoms with Gasteiger partial charge >= 0.3 is 0 Å². The van der Waals surface area contributed by atoms with E-state index in [1.54, 1.807) is 28.6 Å². The van der Waals surface area contributed by atoms with Crippen LogP contribution in [0.1, 0.15) is 25.5 Å². The smallest absolute Gasteiger partial charge is 0.243 e. The topological polar surface area (TPSA) is 112 Å². The van der Waals surface area contributed by atoms with Gasteiger partial charge in [-0.1, -0.05) is 6.92 Å². The minimum absolute atomic E-state index is 0.181. The predicted molar refractivity (Wildman–Crippen MR) is 120 cm³/mol. The molecule has 1 aromatic heterocycles. The van der Waals surface area contributed by atoms with Crippen LogP contribution in [0.5, 0.6) is 0 Å². The Hall–Kier alpha value is -2.45. The maximum Gasteiger partial charge on any atom is 0.243 e. The minimum atomic E-state index is -3.52. The molecule has 2 aliphatic rings. The third-order valence-corrected chi connectivity index (χ3v) is 7.79. The summed E-state index contributed by atoms with van der Waals surface area (Å²) in [5, 5.41) is 12.6. The Labute approximate surface area is 189 Å². The van der Waals surface area contributed by atoms with Gasteiger partial charge < -0.3 is 14.5 Å². The van der Waals surface area contributed by atoms with E-state index in [-0.39, 0.29) is 16.5 Å². The van der Waals surface area contributed by atoms with Gasteiger partial charge in [-0.25, -0.2) is 8.42 Å². The van der Waals surface area contributed by atoms with Crippen molar-refractivity contribution in [1.29, 1.82) is 5.26 Å². The molecular weight excluding hydrogens is 430 g/mol. The maximum absolute atomic E-state index is 13.0. The highest BCUT2D eigenvalue weighted by Gasteiger charge is 2.28. The fraction of sp³-hybridized carbons (Fsp3) is 0.545. The number of morpholine rings is 1. The Balaban J connectivity index is 1.44. The molecule has 0 radical (unpaired) electrons. The zero-order valence-corrected chi connectivity index (χ0v) is 19.1. The third kappa shape index (κ3) is 5.13. The molecule has 10 heteroatoms. The molecule has 1 atom stereocenters. The minimum Gasteiger partial charge on any atom is -0.419 e. The van der Waals surface area contributed by atoms with E-state index in [0.717, 1.165) is 45.7 Å². The molecule has 4 rings (SSSR count). The maximum atomic E-state index is 13.0. The largest absolute Gasteiger partial charge is 0.419 e. The van der Waals surface area contributed by atoms with Crippen LogP contribution in [-0.4, -0.2) is 75.1 Å². The molecule has 172 valence electrons. The number of nitrogens with zero attached hydrogens (tertiary/aromatic N) is 4. The number of ether oxygens (including phenoxy) is 1. The first kappa shape index (κ1) is 22.7. The second-order valence-corrected chi connectivity index (χ2v) is 10.3. The van der Waals surface area contributed by atoms with E-state index in [0.29, 0.717) is 37.0 Å². The number of hydrogen-bond donors (Lipinski definition) is 1. The van der Waals surface area contributed by atoms with Gasteiger partial charge in [0.2, 0.25) is 27.5 Å². The number of hydrogen-bond acceptors (Lipinski definition) is 8. The average molecular weight is 460 g/mol. The van der Waals surface area contributed by atoms with Crippen molar-refractivity contribution in [1.82, 2.24) is 14.2 Å². The van der Waals surface area contributed by atoms with E-state index >= 15 is 0 Å². The molecule has 1 aromatic carbocycles. The van der Waals surface area contributed by atoms with Crippen molar-refractivity contribution in [2.75, 3.05) is 57.8 Å². The first-order chi connectivity index (χ1) is 15.5. The first-order valence-electron chi connectivity index (χ1n) is 11.0. The van der Waals surface area contributed by atoms with Gasteiger partial charge in [0.05, 0.1) is 18.1 Å². The Morgan fingerprint density at radius 2 is 1.97 bits per heavy atom. The number of nitriles is 1. The normalized spacial score (nSPS) is 20.7. The van der Waals surface area contributed by atoms with Crippen LogP contribution in [0.3, 0.4) is 0 Å². The second-order valence-electron chi connectivity index (χ2n) is 8.32. The molecule has 2 aliphatic heterocycles. The van der Waals surface area contributed by atoms with Crippen LogP contribution in [0, 0.1) is 17.2 Å². The Morgan fingerprint density at radius 1 is 1.22 bits per heavy atom. The van der Waals surface area contributed by atoms with Gasteiger partial charge in [0.25, 0.3) is 0 Å². The summed E-state index contributed by atoms with van der Waals surface area (Å²) >= 11 is 0. The average Bonchev–Trinajstić information content (AvgIpc) is 3.23. The van der Waals surface area contributed by atoms with Crippen LogP contribution in [0.25, 0.3) is 11.5 Å². The lowest BCUT2D eigenvalue weighted by Gasteiger charge is -2.30. The van der Waals surface area contributed by atoms with Gasteiger partial charge in [-0.05, 0) is 43.0 Å².